The molecule has 0 bridgehead atoms. The Morgan fingerprint density at radius 2 is 1.85 bits per heavy atom. The summed E-state index contributed by atoms with van der Waals surface area (Å²) in [6.07, 6.45) is 1.91. The number of aryl methyl sites for hydroxylation is 2. The SMILES string of the molecule is COc1ccccc1-c1noc(C2CCN(c3cc(C)nc(C)n3)CC2)n1. The Hall–Kier alpha value is -2.96. The van der Waals surface area contributed by atoms with Crippen LogP contribution in [-0.2, 0) is 0 Å². The van der Waals surface area contributed by atoms with Crippen molar-refractivity contribution in [3.05, 3.63) is 47.7 Å². The van der Waals surface area contributed by atoms with Gasteiger partial charge >= 0.3 is 0 Å². The number of aromatic nitrogens is 4. The summed E-state index contributed by atoms with van der Waals surface area (Å²) < 4.78 is 11.0. The predicted octanol–water partition coefficient (Wildman–Crippen LogP) is 3.54. The van der Waals surface area contributed by atoms with Gasteiger partial charge in [0, 0.05) is 30.8 Å². The molecule has 0 radical (unpaired) electrons. The molecule has 1 aromatic carbocycles. The molecule has 7 nitrogen and oxygen atoms in total. The maximum absolute atomic E-state index is 5.58. The Morgan fingerprint density at radius 1 is 1.07 bits per heavy atom. The van der Waals surface area contributed by atoms with Crippen molar-refractivity contribution in [2.45, 2.75) is 32.6 Å². The molecular weight excluding hydrogens is 342 g/mol. The van der Waals surface area contributed by atoms with Gasteiger partial charge in [-0.05, 0) is 38.8 Å². The van der Waals surface area contributed by atoms with E-state index in [4.69, 9.17) is 9.26 Å². The van der Waals surface area contributed by atoms with Gasteiger partial charge in [0.15, 0.2) is 0 Å². The average molecular weight is 365 g/mol. The summed E-state index contributed by atoms with van der Waals surface area (Å²) in [4.78, 5) is 15.9. The van der Waals surface area contributed by atoms with Crippen LogP contribution in [-0.4, -0.2) is 40.3 Å². The highest BCUT2D eigenvalue weighted by atomic mass is 16.5. The molecule has 1 aliphatic rings. The first-order chi connectivity index (χ1) is 13.1. The van der Waals surface area contributed by atoms with Crippen molar-refractivity contribution in [2.24, 2.45) is 0 Å². The van der Waals surface area contributed by atoms with Crippen LogP contribution < -0.4 is 9.64 Å². The van der Waals surface area contributed by atoms with E-state index < -0.39 is 0 Å². The van der Waals surface area contributed by atoms with Crippen LogP contribution in [0.2, 0.25) is 0 Å². The Morgan fingerprint density at radius 3 is 2.59 bits per heavy atom. The number of methoxy groups -OCH3 is 1. The van der Waals surface area contributed by atoms with E-state index >= 15 is 0 Å². The lowest BCUT2D eigenvalue weighted by Crippen LogP contribution is -2.33. The van der Waals surface area contributed by atoms with Crippen molar-refractivity contribution >= 4 is 5.82 Å². The first-order valence-electron chi connectivity index (χ1n) is 9.18. The molecule has 3 heterocycles. The zero-order valence-electron chi connectivity index (χ0n) is 15.8. The highest BCUT2D eigenvalue weighted by molar-refractivity contribution is 5.63. The number of ether oxygens (including phenoxy) is 1. The third-order valence-corrected chi connectivity index (χ3v) is 4.91. The number of hydrogen-bond donors (Lipinski definition) is 0. The van der Waals surface area contributed by atoms with Crippen LogP contribution in [0, 0.1) is 13.8 Å². The maximum atomic E-state index is 5.58. The van der Waals surface area contributed by atoms with Crippen LogP contribution in [0.1, 0.15) is 36.2 Å². The van der Waals surface area contributed by atoms with E-state index in [1.165, 1.54) is 0 Å². The molecule has 1 fully saturated rings. The maximum Gasteiger partial charge on any atom is 0.230 e. The van der Waals surface area contributed by atoms with Crippen molar-refractivity contribution in [3.8, 4) is 17.1 Å². The molecule has 0 atom stereocenters. The molecule has 0 aliphatic carbocycles. The van der Waals surface area contributed by atoms with Crippen molar-refractivity contribution in [1.82, 2.24) is 20.1 Å². The van der Waals surface area contributed by atoms with Gasteiger partial charge in [-0.3, -0.25) is 0 Å². The molecule has 0 amide bonds. The number of para-hydroxylation sites is 1. The molecule has 7 heteroatoms. The molecule has 0 spiro atoms. The summed E-state index contributed by atoms with van der Waals surface area (Å²) in [6, 6.07) is 9.75. The summed E-state index contributed by atoms with van der Waals surface area (Å²) in [5.74, 6) is 4.09. The van der Waals surface area contributed by atoms with Gasteiger partial charge in [-0.1, -0.05) is 17.3 Å². The lowest BCUT2D eigenvalue weighted by molar-refractivity contribution is 0.329. The van der Waals surface area contributed by atoms with Crippen LogP contribution in [0.3, 0.4) is 0 Å². The van der Waals surface area contributed by atoms with Gasteiger partial charge in [0.25, 0.3) is 0 Å². The highest BCUT2D eigenvalue weighted by Gasteiger charge is 2.26. The molecular formula is C20H23N5O2. The summed E-state index contributed by atoms with van der Waals surface area (Å²) in [6.45, 7) is 5.75. The molecule has 0 unspecified atom stereocenters. The van der Waals surface area contributed by atoms with Gasteiger partial charge in [0.2, 0.25) is 11.7 Å². The third-order valence-electron chi connectivity index (χ3n) is 4.91. The molecule has 0 saturated carbocycles. The Kier molecular flexibility index (Phi) is 4.75. The molecule has 27 heavy (non-hydrogen) atoms. The zero-order chi connectivity index (χ0) is 18.8. The second-order valence-electron chi connectivity index (χ2n) is 6.83. The minimum absolute atomic E-state index is 0.265. The summed E-state index contributed by atoms with van der Waals surface area (Å²) >= 11 is 0. The van der Waals surface area contributed by atoms with Gasteiger partial charge in [-0.2, -0.15) is 4.98 Å². The van der Waals surface area contributed by atoms with Crippen molar-refractivity contribution in [1.29, 1.82) is 0 Å². The molecule has 1 aliphatic heterocycles. The van der Waals surface area contributed by atoms with Crippen LogP contribution in [0.15, 0.2) is 34.9 Å². The van der Waals surface area contributed by atoms with Gasteiger partial charge in [-0.25, -0.2) is 9.97 Å². The van der Waals surface area contributed by atoms with E-state index in [9.17, 15) is 0 Å². The van der Waals surface area contributed by atoms with Crippen molar-refractivity contribution in [2.75, 3.05) is 25.1 Å². The minimum Gasteiger partial charge on any atom is -0.496 e. The molecule has 4 rings (SSSR count). The number of anilines is 1. The Labute approximate surface area is 158 Å². The normalized spacial score (nSPS) is 15.1. The van der Waals surface area contributed by atoms with E-state index in [1.54, 1.807) is 7.11 Å². The zero-order valence-corrected chi connectivity index (χ0v) is 15.8. The van der Waals surface area contributed by atoms with Gasteiger partial charge in [0.05, 0.1) is 12.7 Å². The number of nitrogens with zero attached hydrogens (tertiary/aromatic N) is 5. The Balaban J connectivity index is 1.47. The topological polar surface area (TPSA) is 77.2 Å². The number of hydrogen-bond acceptors (Lipinski definition) is 7. The van der Waals surface area contributed by atoms with E-state index in [0.717, 1.165) is 54.6 Å². The molecule has 1 saturated heterocycles. The van der Waals surface area contributed by atoms with Crippen LogP contribution >= 0.6 is 0 Å². The van der Waals surface area contributed by atoms with Crippen LogP contribution in [0.25, 0.3) is 11.4 Å². The fraction of sp³-hybridized carbons (Fsp3) is 0.400. The monoisotopic (exact) mass is 365 g/mol. The minimum atomic E-state index is 0.265. The fourth-order valence-electron chi connectivity index (χ4n) is 3.55. The van der Waals surface area contributed by atoms with Crippen molar-refractivity contribution in [3.63, 3.8) is 0 Å². The molecule has 2 aromatic heterocycles. The fourth-order valence-corrected chi connectivity index (χ4v) is 3.55. The first-order valence-corrected chi connectivity index (χ1v) is 9.18. The molecule has 140 valence electrons. The summed E-state index contributed by atoms with van der Waals surface area (Å²) in [5, 5.41) is 4.17. The second kappa shape index (κ2) is 7.34. The number of benzene rings is 1. The average Bonchev–Trinajstić information content (AvgIpc) is 3.17. The standard InChI is InChI=1S/C20H23N5O2/c1-13-12-18(22-14(2)21-13)25-10-8-15(9-11-25)20-23-19(24-27-20)16-6-4-5-7-17(16)26-3/h4-7,12,15H,8-11H2,1-3H3. The Bertz CT molecular complexity index is 911. The lowest BCUT2D eigenvalue weighted by atomic mass is 9.96. The first kappa shape index (κ1) is 17.5. The molecule has 3 aromatic rings. The number of piperidine rings is 1. The summed E-state index contributed by atoms with van der Waals surface area (Å²) in [5.41, 5.74) is 1.84. The lowest BCUT2D eigenvalue weighted by Gasteiger charge is -2.31. The third kappa shape index (κ3) is 3.63. The predicted molar refractivity (Wildman–Crippen MR) is 102 cm³/mol. The van der Waals surface area contributed by atoms with Crippen molar-refractivity contribution < 1.29 is 9.26 Å². The smallest absolute Gasteiger partial charge is 0.230 e. The summed E-state index contributed by atoms with van der Waals surface area (Å²) in [7, 11) is 1.64. The highest BCUT2D eigenvalue weighted by Crippen LogP contribution is 2.32. The van der Waals surface area contributed by atoms with E-state index in [1.807, 2.05) is 44.2 Å². The van der Waals surface area contributed by atoms with E-state index in [-0.39, 0.29) is 5.92 Å². The van der Waals surface area contributed by atoms with Crippen LogP contribution in [0.5, 0.6) is 5.75 Å². The number of rotatable bonds is 4. The quantitative estimate of drug-likeness (QED) is 0.700. The molecule has 0 N–H and O–H groups in total. The van der Waals surface area contributed by atoms with Crippen LogP contribution in [0.4, 0.5) is 5.82 Å². The van der Waals surface area contributed by atoms with Gasteiger partial charge in [0.1, 0.15) is 17.4 Å². The van der Waals surface area contributed by atoms with E-state index in [0.29, 0.717) is 11.7 Å². The largest absolute Gasteiger partial charge is 0.496 e. The van der Waals surface area contributed by atoms with Gasteiger partial charge < -0.3 is 14.2 Å². The van der Waals surface area contributed by atoms with Gasteiger partial charge in [-0.15, -0.1) is 0 Å². The van der Waals surface area contributed by atoms with E-state index in [2.05, 4.69) is 25.0 Å². The second-order valence-corrected chi connectivity index (χ2v) is 6.83.